The number of phenolic OH excluding ortho intramolecular Hbond substituents is 1. The molecule has 0 aliphatic carbocycles. The normalized spacial score (nSPS) is 12.5. The van der Waals surface area contributed by atoms with Gasteiger partial charge in [-0.1, -0.05) is 126 Å². The van der Waals surface area contributed by atoms with Gasteiger partial charge >= 0.3 is 0 Å². The number of aromatic nitrogens is 2. The lowest BCUT2D eigenvalue weighted by atomic mass is 9.79. The molecule has 0 fully saturated rings. The first-order chi connectivity index (χ1) is 27.4. The van der Waals surface area contributed by atoms with Crippen molar-refractivity contribution in [1.82, 2.24) is 9.97 Å². The Labute approximate surface area is 331 Å². The van der Waals surface area contributed by atoms with Gasteiger partial charge in [-0.25, -0.2) is 4.98 Å². The molecule has 0 spiro atoms. The summed E-state index contributed by atoms with van der Waals surface area (Å²) in [5.74, 6) is 0.563. The zero-order valence-corrected chi connectivity index (χ0v) is 32.9. The minimum atomic E-state index is -0.298. The number of oxazole rings is 1. The SMILES string of the molecule is CC(C)(C)c1cc(-c2nc3c(-c4cc(-c5cc(-c6ccccc6)ccn5)cc5c4oc4cc6c(ccc7ccccc76)cc45)cccc3o2)c(O)c(C(C)(C)C)c1. The number of rotatable bonds is 4. The number of phenols is 1. The van der Waals surface area contributed by atoms with Gasteiger partial charge in [0.15, 0.2) is 5.58 Å². The molecule has 0 aliphatic rings. The summed E-state index contributed by atoms with van der Waals surface area (Å²) in [5.41, 5.74) is 10.7. The van der Waals surface area contributed by atoms with Crippen LogP contribution in [0.4, 0.5) is 0 Å². The minimum absolute atomic E-state index is 0.157. The lowest BCUT2D eigenvalue weighted by molar-refractivity contribution is 0.444. The van der Waals surface area contributed by atoms with Crippen molar-refractivity contribution >= 4 is 54.6 Å². The van der Waals surface area contributed by atoms with Gasteiger partial charge in [0, 0.05) is 39.2 Å². The molecule has 0 unspecified atom stereocenters. The topological polar surface area (TPSA) is 72.3 Å². The third kappa shape index (κ3) is 5.85. The zero-order valence-electron chi connectivity index (χ0n) is 32.9. The van der Waals surface area contributed by atoms with E-state index in [1.165, 1.54) is 10.8 Å². The van der Waals surface area contributed by atoms with Crippen molar-refractivity contribution < 1.29 is 13.9 Å². The summed E-state index contributed by atoms with van der Waals surface area (Å²) in [6.45, 7) is 12.9. The Morgan fingerprint density at radius 2 is 1.30 bits per heavy atom. The molecule has 1 N–H and O–H groups in total. The Bertz CT molecular complexity index is 3210. The van der Waals surface area contributed by atoms with Crippen LogP contribution in [0.1, 0.15) is 52.7 Å². The average Bonchev–Trinajstić information content (AvgIpc) is 3.81. The van der Waals surface area contributed by atoms with E-state index in [0.717, 1.165) is 77.3 Å². The molecule has 5 heteroatoms. The van der Waals surface area contributed by atoms with Gasteiger partial charge in [0.05, 0.1) is 11.3 Å². The highest BCUT2D eigenvalue weighted by Gasteiger charge is 2.28. The molecule has 0 saturated carbocycles. The largest absolute Gasteiger partial charge is 0.507 e. The second kappa shape index (κ2) is 12.7. The first-order valence-electron chi connectivity index (χ1n) is 19.5. The Balaban J connectivity index is 1.24. The number of pyridine rings is 1. The highest BCUT2D eigenvalue weighted by molar-refractivity contribution is 6.19. The Hall–Kier alpha value is -6.72. The second-order valence-electron chi connectivity index (χ2n) is 17.2. The molecular weight excluding hydrogens is 701 g/mol. The predicted octanol–water partition coefficient (Wildman–Crippen LogP) is 14.4. The van der Waals surface area contributed by atoms with E-state index >= 15 is 0 Å². The lowest BCUT2D eigenvalue weighted by Gasteiger charge is -2.27. The molecule has 10 aromatic rings. The highest BCUT2D eigenvalue weighted by atomic mass is 16.4. The molecule has 278 valence electrons. The number of para-hydroxylation sites is 1. The predicted molar refractivity (Wildman–Crippen MR) is 235 cm³/mol. The number of furan rings is 1. The van der Waals surface area contributed by atoms with Gasteiger partial charge in [0.1, 0.15) is 22.4 Å². The minimum Gasteiger partial charge on any atom is -0.507 e. The molecule has 0 radical (unpaired) electrons. The van der Waals surface area contributed by atoms with E-state index in [9.17, 15) is 5.11 Å². The monoisotopic (exact) mass is 742 g/mol. The smallest absolute Gasteiger partial charge is 0.231 e. The molecule has 0 bridgehead atoms. The Kier molecular flexibility index (Phi) is 7.71. The number of hydrogen-bond acceptors (Lipinski definition) is 5. The fourth-order valence-electron chi connectivity index (χ4n) is 8.21. The summed E-state index contributed by atoms with van der Waals surface area (Å²) in [6.07, 6.45) is 1.88. The van der Waals surface area contributed by atoms with Gasteiger partial charge in [-0.05, 0) is 97.6 Å². The van der Waals surface area contributed by atoms with Gasteiger partial charge < -0.3 is 13.9 Å². The maximum absolute atomic E-state index is 11.8. The van der Waals surface area contributed by atoms with Crippen molar-refractivity contribution in [2.24, 2.45) is 0 Å². The van der Waals surface area contributed by atoms with E-state index in [4.69, 9.17) is 18.8 Å². The standard InChI is InChI=1S/C52H42N2O3/c1-51(2,3)35-27-42(48(55)43(28-35)52(4,5)6)50-54-47-37(17-12-18-45(47)57-50)40-24-34(44-26-32(21-22-53-44)30-13-8-7-9-14-30)25-41-39-23-33-20-19-31-15-10-11-16-36(31)38(33)29-46(39)56-49(40)41/h7-29,55H,1-6H3. The summed E-state index contributed by atoms with van der Waals surface area (Å²) >= 11 is 0. The molecule has 57 heavy (non-hydrogen) atoms. The number of aromatic hydroxyl groups is 1. The molecular formula is C52H42N2O3. The van der Waals surface area contributed by atoms with Crippen LogP contribution < -0.4 is 0 Å². The van der Waals surface area contributed by atoms with Crippen LogP contribution in [-0.2, 0) is 10.8 Å². The van der Waals surface area contributed by atoms with E-state index in [0.29, 0.717) is 22.6 Å². The number of fused-ring (bicyclic) bond motifs is 7. The fraction of sp³-hybridized carbons (Fsp3) is 0.154. The van der Waals surface area contributed by atoms with Crippen LogP contribution in [0.5, 0.6) is 5.75 Å². The lowest BCUT2D eigenvalue weighted by Crippen LogP contribution is -2.17. The summed E-state index contributed by atoms with van der Waals surface area (Å²) in [5, 5.41) is 18.5. The third-order valence-corrected chi connectivity index (χ3v) is 11.3. The van der Waals surface area contributed by atoms with Crippen molar-refractivity contribution in [3.63, 3.8) is 0 Å². The molecule has 3 aromatic heterocycles. The fourth-order valence-corrected chi connectivity index (χ4v) is 8.21. The molecule has 0 atom stereocenters. The van der Waals surface area contributed by atoms with Crippen LogP contribution >= 0.6 is 0 Å². The van der Waals surface area contributed by atoms with E-state index in [1.807, 2.05) is 30.5 Å². The van der Waals surface area contributed by atoms with Crippen LogP contribution in [0.25, 0.3) is 99.5 Å². The summed E-state index contributed by atoms with van der Waals surface area (Å²) < 4.78 is 13.5. The van der Waals surface area contributed by atoms with E-state index in [-0.39, 0.29) is 16.6 Å². The van der Waals surface area contributed by atoms with Crippen LogP contribution in [0.3, 0.4) is 0 Å². The van der Waals surface area contributed by atoms with Crippen LogP contribution in [-0.4, -0.2) is 15.1 Å². The molecule has 5 nitrogen and oxygen atoms in total. The van der Waals surface area contributed by atoms with Gasteiger partial charge in [0.2, 0.25) is 5.89 Å². The summed E-state index contributed by atoms with van der Waals surface area (Å²) in [4.78, 5) is 10.1. The molecule has 0 saturated heterocycles. The maximum atomic E-state index is 11.8. The number of hydrogen-bond donors (Lipinski definition) is 1. The average molecular weight is 743 g/mol. The Morgan fingerprint density at radius 1 is 0.509 bits per heavy atom. The van der Waals surface area contributed by atoms with Crippen molar-refractivity contribution in [1.29, 1.82) is 0 Å². The van der Waals surface area contributed by atoms with Crippen LogP contribution in [0.2, 0.25) is 0 Å². The van der Waals surface area contributed by atoms with Crippen molar-refractivity contribution in [2.45, 2.75) is 52.4 Å². The van der Waals surface area contributed by atoms with Gasteiger partial charge in [0.25, 0.3) is 0 Å². The third-order valence-electron chi connectivity index (χ3n) is 11.3. The number of nitrogens with zero attached hydrogens (tertiary/aromatic N) is 2. The van der Waals surface area contributed by atoms with Crippen molar-refractivity contribution in [2.75, 3.05) is 0 Å². The van der Waals surface area contributed by atoms with Crippen LogP contribution in [0.15, 0.2) is 148 Å². The van der Waals surface area contributed by atoms with Crippen molar-refractivity contribution in [3.8, 4) is 50.7 Å². The van der Waals surface area contributed by atoms with Crippen molar-refractivity contribution in [3.05, 3.63) is 151 Å². The molecule has 7 aromatic carbocycles. The number of benzene rings is 7. The van der Waals surface area contributed by atoms with Gasteiger partial charge in [-0.3, -0.25) is 4.98 Å². The zero-order chi connectivity index (χ0) is 39.2. The van der Waals surface area contributed by atoms with E-state index in [2.05, 4.69) is 151 Å². The first kappa shape index (κ1) is 34.7. The van der Waals surface area contributed by atoms with Gasteiger partial charge in [-0.15, -0.1) is 0 Å². The Morgan fingerprint density at radius 3 is 2.11 bits per heavy atom. The van der Waals surface area contributed by atoms with E-state index < -0.39 is 0 Å². The maximum Gasteiger partial charge on any atom is 0.231 e. The quantitative estimate of drug-likeness (QED) is 0.182. The molecule has 0 amide bonds. The van der Waals surface area contributed by atoms with Gasteiger partial charge in [-0.2, -0.15) is 0 Å². The molecule has 3 heterocycles. The second-order valence-corrected chi connectivity index (χ2v) is 17.2. The highest BCUT2D eigenvalue weighted by Crippen LogP contribution is 2.46. The first-order valence-corrected chi connectivity index (χ1v) is 19.5. The summed E-state index contributed by atoms with van der Waals surface area (Å²) in [6, 6.07) is 46.4. The summed E-state index contributed by atoms with van der Waals surface area (Å²) in [7, 11) is 0. The molecule has 0 aliphatic heterocycles. The van der Waals surface area contributed by atoms with E-state index in [1.54, 1.807) is 0 Å². The van der Waals surface area contributed by atoms with Crippen LogP contribution in [0, 0.1) is 0 Å². The molecule has 10 rings (SSSR count).